The Kier molecular flexibility index (Phi) is 7.39. The zero-order chi connectivity index (χ0) is 20.6. The third-order valence-corrected chi connectivity index (χ3v) is 5.61. The van der Waals surface area contributed by atoms with Crippen LogP contribution in [0.1, 0.15) is 50.2 Å². The highest BCUT2D eigenvalue weighted by Gasteiger charge is 2.28. The van der Waals surface area contributed by atoms with Gasteiger partial charge in [0.1, 0.15) is 11.9 Å². The van der Waals surface area contributed by atoms with Crippen molar-refractivity contribution < 1.29 is 14.0 Å². The fourth-order valence-electron chi connectivity index (χ4n) is 3.80. The zero-order valence-electron chi connectivity index (χ0n) is 16.9. The first-order valence-corrected chi connectivity index (χ1v) is 10.4. The molecule has 2 amide bonds. The van der Waals surface area contributed by atoms with Crippen molar-refractivity contribution in [3.05, 3.63) is 71.5 Å². The average molecular weight is 397 g/mol. The molecule has 3 rings (SSSR count). The Hall–Kier alpha value is -2.69. The van der Waals surface area contributed by atoms with E-state index in [1.165, 1.54) is 12.1 Å². The summed E-state index contributed by atoms with van der Waals surface area (Å²) < 4.78 is 13.3. The molecule has 1 N–H and O–H groups in total. The van der Waals surface area contributed by atoms with E-state index in [2.05, 4.69) is 5.32 Å². The highest BCUT2D eigenvalue weighted by Crippen LogP contribution is 2.19. The van der Waals surface area contributed by atoms with Gasteiger partial charge in [0, 0.05) is 19.0 Å². The Balaban J connectivity index is 1.69. The van der Waals surface area contributed by atoms with Crippen LogP contribution in [0.15, 0.2) is 54.6 Å². The van der Waals surface area contributed by atoms with Gasteiger partial charge in [-0.25, -0.2) is 4.39 Å². The second kappa shape index (κ2) is 10.2. The van der Waals surface area contributed by atoms with Crippen LogP contribution in [0.25, 0.3) is 0 Å². The molecule has 0 saturated heterocycles. The van der Waals surface area contributed by atoms with Crippen LogP contribution < -0.4 is 5.32 Å². The summed E-state index contributed by atoms with van der Waals surface area (Å²) in [5.74, 6) is -0.512. The summed E-state index contributed by atoms with van der Waals surface area (Å²) in [5, 5.41) is 3.09. The Bertz CT molecular complexity index is 801. The number of aryl methyl sites for hydroxylation is 1. The Morgan fingerprint density at radius 3 is 2.34 bits per heavy atom. The second-order valence-electron chi connectivity index (χ2n) is 7.80. The fraction of sp³-hybridized carbons (Fsp3) is 0.417. The number of carbonyl (C=O) groups is 2. The normalized spacial score (nSPS) is 15.1. The van der Waals surface area contributed by atoms with Crippen LogP contribution in [0.5, 0.6) is 0 Å². The Labute approximate surface area is 172 Å². The minimum Gasteiger partial charge on any atom is -0.352 e. The number of amides is 2. The van der Waals surface area contributed by atoms with Gasteiger partial charge in [0.15, 0.2) is 0 Å². The molecule has 0 bridgehead atoms. The topological polar surface area (TPSA) is 49.4 Å². The number of halogens is 1. The van der Waals surface area contributed by atoms with E-state index in [-0.39, 0.29) is 30.2 Å². The predicted molar refractivity (Wildman–Crippen MR) is 112 cm³/mol. The molecule has 1 saturated carbocycles. The molecule has 2 aromatic carbocycles. The predicted octanol–water partition coefficient (Wildman–Crippen LogP) is 4.23. The van der Waals surface area contributed by atoms with Gasteiger partial charge in [0.25, 0.3) is 0 Å². The van der Waals surface area contributed by atoms with Crippen molar-refractivity contribution >= 4 is 11.8 Å². The van der Waals surface area contributed by atoms with E-state index in [0.717, 1.165) is 36.8 Å². The van der Waals surface area contributed by atoms with E-state index < -0.39 is 6.04 Å². The van der Waals surface area contributed by atoms with Gasteiger partial charge >= 0.3 is 0 Å². The lowest BCUT2D eigenvalue weighted by atomic mass is 10.1. The number of rotatable bonds is 8. The van der Waals surface area contributed by atoms with Crippen LogP contribution in [-0.4, -0.2) is 28.8 Å². The number of hydrogen-bond donors (Lipinski definition) is 1. The molecule has 0 radical (unpaired) electrons. The summed E-state index contributed by atoms with van der Waals surface area (Å²) in [6, 6.07) is 15.5. The molecule has 0 aliphatic heterocycles. The van der Waals surface area contributed by atoms with Gasteiger partial charge in [0.2, 0.25) is 11.8 Å². The first-order valence-electron chi connectivity index (χ1n) is 10.4. The van der Waals surface area contributed by atoms with Crippen LogP contribution in [-0.2, 0) is 22.6 Å². The number of carbonyl (C=O) groups excluding carboxylic acids is 2. The lowest BCUT2D eigenvalue weighted by Gasteiger charge is -2.30. The zero-order valence-corrected chi connectivity index (χ0v) is 16.9. The van der Waals surface area contributed by atoms with Crippen molar-refractivity contribution in [1.29, 1.82) is 0 Å². The Morgan fingerprint density at radius 2 is 1.69 bits per heavy atom. The van der Waals surface area contributed by atoms with Gasteiger partial charge in [0.05, 0.1) is 0 Å². The van der Waals surface area contributed by atoms with Gasteiger partial charge in [-0.05, 0) is 49.4 Å². The fourth-order valence-corrected chi connectivity index (χ4v) is 3.80. The van der Waals surface area contributed by atoms with Crippen molar-refractivity contribution in [2.45, 2.75) is 64.1 Å². The van der Waals surface area contributed by atoms with Crippen LogP contribution in [0.3, 0.4) is 0 Å². The molecule has 5 heteroatoms. The third kappa shape index (κ3) is 6.14. The number of hydrogen-bond acceptors (Lipinski definition) is 2. The average Bonchev–Trinajstić information content (AvgIpc) is 3.25. The lowest BCUT2D eigenvalue weighted by Crippen LogP contribution is -2.49. The lowest BCUT2D eigenvalue weighted by molar-refractivity contribution is -0.140. The summed E-state index contributed by atoms with van der Waals surface area (Å²) >= 11 is 0. The van der Waals surface area contributed by atoms with Crippen molar-refractivity contribution in [2.24, 2.45) is 0 Å². The molecule has 0 unspecified atom stereocenters. The molecule has 154 valence electrons. The highest BCUT2D eigenvalue weighted by molar-refractivity contribution is 5.87. The van der Waals surface area contributed by atoms with E-state index in [1.54, 1.807) is 24.0 Å². The first kappa shape index (κ1) is 21.0. The number of nitrogens with zero attached hydrogens (tertiary/aromatic N) is 1. The molecule has 4 nitrogen and oxygen atoms in total. The van der Waals surface area contributed by atoms with Gasteiger partial charge in [-0.1, -0.05) is 55.3 Å². The summed E-state index contributed by atoms with van der Waals surface area (Å²) in [7, 11) is 0. The number of nitrogens with one attached hydrogen (secondary N) is 1. The van der Waals surface area contributed by atoms with Crippen LogP contribution in [0, 0.1) is 5.82 Å². The highest BCUT2D eigenvalue weighted by atomic mass is 19.1. The van der Waals surface area contributed by atoms with Gasteiger partial charge in [-0.15, -0.1) is 0 Å². The maximum atomic E-state index is 13.3. The summed E-state index contributed by atoms with van der Waals surface area (Å²) in [5.41, 5.74) is 1.89. The van der Waals surface area contributed by atoms with Gasteiger partial charge in [-0.3, -0.25) is 9.59 Å². The van der Waals surface area contributed by atoms with Crippen molar-refractivity contribution in [2.75, 3.05) is 0 Å². The third-order valence-electron chi connectivity index (χ3n) is 5.61. The molecule has 1 aliphatic rings. The molecule has 29 heavy (non-hydrogen) atoms. The molecule has 0 heterocycles. The van der Waals surface area contributed by atoms with E-state index in [4.69, 9.17) is 0 Å². The van der Waals surface area contributed by atoms with Crippen molar-refractivity contribution in [3.8, 4) is 0 Å². The van der Waals surface area contributed by atoms with E-state index in [1.807, 2.05) is 30.3 Å². The molecule has 0 spiro atoms. The summed E-state index contributed by atoms with van der Waals surface area (Å²) in [4.78, 5) is 27.5. The molecule has 1 atom stereocenters. The smallest absolute Gasteiger partial charge is 0.242 e. The van der Waals surface area contributed by atoms with E-state index in [0.29, 0.717) is 12.8 Å². The molecule has 1 aliphatic carbocycles. The number of benzene rings is 2. The standard InChI is InChI=1S/C24H29FN2O2/c1-18(24(29)26-22-9-5-6-10-22)27(17-20-11-14-21(25)15-12-20)23(28)16-13-19-7-3-2-4-8-19/h2-4,7-8,11-12,14-15,18,22H,5-6,9-10,13,16-17H2,1H3,(H,26,29)/t18-/m0/s1. The quantitative estimate of drug-likeness (QED) is 0.726. The molecule has 1 fully saturated rings. The van der Waals surface area contributed by atoms with Crippen LogP contribution in [0.2, 0.25) is 0 Å². The van der Waals surface area contributed by atoms with Gasteiger partial charge < -0.3 is 10.2 Å². The first-order chi connectivity index (χ1) is 14.0. The summed E-state index contributed by atoms with van der Waals surface area (Å²) in [6.45, 7) is 2.06. The largest absolute Gasteiger partial charge is 0.352 e. The maximum absolute atomic E-state index is 13.3. The molecular formula is C24H29FN2O2. The SMILES string of the molecule is C[C@@H](C(=O)NC1CCCC1)N(Cc1ccc(F)cc1)C(=O)CCc1ccccc1. The van der Waals surface area contributed by atoms with Crippen molar-refractivity contribution in [1.82, 2.24) is 10.2 Å². The maximum Gasteiger partial charge on any atom is 0.242 e. The minimum atomic E-state index is -0.580. The molecule has 2 aromatic rings. The monoisotopic (exact) mass is 396 g/mol. The van der Waals surface area contributed by atoms with Crippen LogP contribution >= 0.6 is 0 Å². The van der Waals surface area contributed by atoms with Crippen LogP contribution in [0.4, 0.5) is 4.39 Å². The van der Waals surface area contributed by atoms with E-state index in [9.17, 15) is 14.0 Å². The minimum absolute atomic E-state index is 0.0766. The van der Waals surface area contributed by atoms with E-state index >= 15 is 0 Å². The molecule has 0 aromatic heterocycles. The summed E-state index contributed by atoms with van der Waals surface area (Å²) in [6.07, 6.45) is 5.21. The second-order valence-corrected chi connectivity index (χ2v) is 7.80. The Morgan fingerprint density at radius 1 is 1.03 bits per heavy atom. The molecular weight excluding hydrogens is 367 g/mol. The van der Waals surface area contributed by atoms with Crippen molar-refractivity contribution in [3.63, 3.8) is 0 Å². The van der Waals surface area contributed by atoms with Gasteiger partial charge in [-0.2, -0.15) is 0 Å².